The van der Waals surface area contributed by atoms with Gasteiger partial charge in [0.2, 0.25) is 0 Å². The predicted octanol–water partition coefficient (Wildman–Crippen LogP) is 2.17. The van der Waals surface area contributed by atoms with Crippen LogP contribution in [-0.4, -0.2) is 39.7 Å². The van der Waals surface area contributed by atoms with Crippen LogP contribution in [0.15, 0.2) is 53.4 Å². The van der Waals surface area contributed by atoms with Crippen LogP contribution in [0.5, 0.6) is 0 Å². The molecule has 11 nitrogen and oxygen atoms in total. The van der Waals surface area contributed by atoms with Crippen LogP contribution in [0.2, 0.25) is 0 Å². The Morgan fingerprint density at radius 3 is 2.07 bits per heavy atom. The second-order valence-corrected chi connectivity index (χ2v) is 7.53. The van der Waals surface area contributed by atoms with Crippen molar-refractivity contribution in [2.45, 2.75) is 24.4 Å². The minimum Gasteiger partial charge on any atom is -0.480 e. The zero-order valence-electron chi connectivity index (χ0n) is 14.5. The van der Waals surface area contributed by atoms with Crippen LogP contribution in [0.4, 0.5) is 11.4 Å². The summed E-state index contributed by atoms with van der Waals surface area (Å²) in [4.78, 5) is 31.6. The van der Waals surface area contributed by atoms with Gasteiger partial charge in [0, 0.05) is 24.2 Å². The van der Waals surface area contributed by atoms with Crippen LogP contribution in [0, 0.1) is 20.2 Å². The van der Waals surface area contributed by atoms with Crippen molar-refractivity contribution < 1.29 is 28.2 Å². The van der Waals surface area contributed by atoms with Crippen LogP contribution < -0.4 is 0 Å². The van der Waals surface area contributed by atoms with Crippen molar-refractivity contribution in [1.29, 1.82) is 0 Å². The number of carbonyl (C=O) groups is 1. The van der Waals surface area contributed by atoms with Gasteiger partial charge in [-0.25, -0.2) is 8.42 Å². The Morgan fingerprint density at radius 2 is 1.54 bits per heavy atom. The lowest BCUT2D eigenvalue weighted by Gasteiger charge is -2.25. The molecule has 0 aromatic heterocycles. The molecule has 2 aromatic rings. The molecule has 0 saturated heterocycles. The standard InChI is InChI=1S/C16H15N3O8S/c1-11(16(20)21)17(10-12-6-2-3-7-13(12)18(22)23)28(26,27)15-9-5-4-8-14(15)19(24)25/h2-9,11H,10H2,1H3,(H,20,21)/t11-/m0/s1. The number of carboxylic acids is 1. The SMILES string of the molecule is C[C@@H](C(=O)O)N(Cc1ccccc1[N+](=O)[O-])S(=O)(=O)c1ccccc1[N+](=O)[O-]. The summed E-state index contributed by atoms with van der Waals surface area (Å²) in [7, 11) is -4.67. The quantitative estimate of drug-likeness (QED) is 0.512. The molecule has 1 atom stereocenters. The van der Waals surface area contributed by atoms with Gasteiger partial charge in [0.15, 0.2) is 4.90 Å². The third kappa shape index (κ3) is 4.13. The third-order valence-corrected chi connectivity index (χ3v) is 5.92. The average molecular weight is 409 g/mol. The zero-order chi connectivity index (χ0) is 21.1. The maximum atomic E-state index is 13.1. The van der Waals surface area contributed by atoms with Crippen molar-refractivity contribution in [1.82, 2.24) is 4.31 Å². The molecule has 0 radical (unpaired) electrons. The molecule has 0 fully saturated rings. The molecule has 0 aliphatic rings. The van der Waals surface area contributed by atoms with Crippen molar-refractivity contribution in [3.05, 3.63) is 74.3 Å². The Labute approximate surface area is 159 Å². The molecule has 0 aliphatic heterocycles. The molecule has 0 saturated carbocycles. The normalized spacial score (nSPS) is 12.5. The zero-order valence-corrected chi connectivity index (χ0v) is 15.3. The van der Waals surface area contributed by atoms with Crippen molar-refractivity contribution in [2.24, 2.45) is 0 Å². The van der Waals surface area contributed by atoms with E-state index in [1.165, 1.54) is 30.3 Å². The molecule has 148 valence electrons. The highest BCUT2D eigenvalue weighted by atomic mass is 32.2. The van der Waals surface area contributed by atoms with Gasteiger partial charge in [0.05, 0.1) is 9.85 Å². The van der Waals surface area contributed by atoms with E-state index in [0.29, 0.717) is 4.31 Å². The molecule has 2 aromatic carbocycles. The first-order chi connectivity index (χ1) is 13.1. The van der Waals surface area contributed by atoms with Crippen molar-refractivity contribution in [3.8, 4) is 0 Å². The van der Waals surface area contributed by atoms with Crippen LogP contribution in [-0.2, 0) is 21.4 Å². The Balaban J connectivity index is 2.64. The van der Waals surface area contributed by atoms with Gasteiger partial charge in [0.25, 0.3) is 21.4 Å². The van der Waals surface area contributed by atoms with Gasteiger partial charge in [-0.2, -0.15) is 4.31 Å². The first kappa shape index (κ1) is 20.9. The Morgan fingerprint density at radius 1 is 1.04 bits per heavy atom. The van der Waals surface area contributed by atoms with Crippen molar-refractivity contribution in [2.75, 3.05) is 0 Å². The highest BCUT2D eigenvalue weighted by molar-refractivity contribution is 7.89. The largest absolute Gasteiger partial charge is 0.480 e. The topological polar surface area (TPSA) is 161 Å². The molecule has 0 heterocycles. The fourth-order valence-electron chi connectivity index (χ4n) is 2.50. The number of nitrogens with zero attached hydrogens (tertiary/aromatic N) is 3. The number of aliphatic carboxylic acids is 1. The summed E-state index contributed by atoms with van der Waals surface area (Å²) < 4.78 is 26.6. The van der Waals surface area contributed by atoms with Gasteiger partial charge in [-0.1, -0.05) is 30.3 Å². The molecule has 1 N–H and O–H groups in total. The molecule has 0 unspecified atom stereocenters. The smallest absolute Gasteiger partial charge is 0.321 e. The number of benzene rings is 2. The van der Waals surface area contributed by atoms with E-state index in [0.717, 1.165) is 25.1 Å². The summed E-state index contributed by atoms with van der Waals surface area (Å²) in [5.74, 6) is -1.51. The number of nitro benzene ring substituents is 2. The van der Waals surface area contributed by atoms with Crippen LogP contribution in [0.25, 0.3) is 0 Å². The van der Waals surface area contributed by atoms with Crippen molar-refractivity contribution in [3.63, 3.8) is 0 Å². The van der Waals surface area contributed by atoms with Crippen LogP contribution in [0.3, 0.4) is 0 Å². The number of para-hydroxylation sites is 2. The maximum Gasteiger partial charge on any atom is 0.321 e. The monoisotopic (exact) mass is 409 g/mol. The minimum atomic E-state index is -4.67. The van der Waals surface area contributed by atoms with Gasteiger partial charge < -0.3 is 5.11 Å². The van der Waals surface area contributed by atoms with E-state index in [4.69, 9.17) is 0 Å². The number of nitro groups is 2. The van der Waals surface area contributed by atoms with E-state index in [2.05, 4.69) is 0 Å². The van der Waals surface area contributed by atoms with E-state index < -0.39 is 54.7 Å². The molecule has 0 bridgehead atoms. The lowest BCUT2D eigenvalue weighted by Crippen LogP contribution is -2.42. The Kier molecular flexibility index (Phi) is 6.06. The van der Waals surface area contributed by atoms with Crippen molar-refractivity contribution >= 4 is 27.4 Å². The molecule has 12 heteroatoms. The van der Waals surface area contributed by atoms with Crippen LogP contribution >= 0.6 is 0 Å². The summed E-state index contributed by atoms with van der Waals surface area (Å²) in [5.41, 5.74) is -1.18. The summed E-state index contributed by atoms with van der Waals surface area (Å²) in [6.07, 6.45) is 0. The molecular formula is C16H15N3O8S. The highest BCUT2D eigenvalue weighted by Crippen LogP contribution is 2.30. The number of rotatable bonds is 8. The summed E-state index contributed by atoms with van der Waals surface area (Å²) in [5, 5.41) is 31.7. The van der Waals surface area contributed by atoms with E-state index in [1.807, 2.05) is 0 Å². The number of hydrogen-bond acceptors (Lipinski definition) is 7. The lowest BCUT2D eigenvalue weighted by molar-refractivity contribution is -0.387. The highest BCUT2D eigenvalue weighted by Gasteiger charge is 2.38. The maximum absolute atomic E-state index is 13.1. The first-order valence-electron chi connectivity index (χ1n) is 7.77. The summed E-state index contributed by atoms with van der Waals surface area (Å²) >= 11 is 0. The summed E-state index contributed by atoms with van der Waals surface area (Å²) in [6, 6.07) is 8.09. The first-order valence-corrected chi connectivity index (χ1v) is 9.21. The fourth-order valence-corrected chi connectivity index (χ4v) is 4.22. The molecule has 0 aliphatic carbocycles. The second kappa shape index (κ2) is 8.10. The van der Waals surface area contributed by atoms with E-state index >= 15 is 0 Å². The molecule has 28 heavy (non-hydrogen) atoms. The van der Waals surface area contributed by atoms with E-state index in [9.17, 15) is 38.5 Å². The molecular weight excluding hydrogens is 394 g/mol. The third-order valence-electron chi connectivity index (χ3n) is 3.95. The van der Waals surface area contributed by atoms with Gasteiger partial charge in [-0.15, -0.1) is 0 Å². The van der Waals surface area contributed by atoms with Gasteiger partial charge in [-0.05, 0) is 13.0 Å². The molecule has 2 rings (SSSR count). The number of hydrogen-bond donors (Lipinski definition) is 1. The molecule has 0 spiro atoms. The Bertz CT molecular complexity index is 1040. The van der Waals surface area contributed by atoms with Gasteiger partial charge in [0.1, 0.15) is 6.04 Å². The van der Waals surface area contributed by atoms with Crippen LogP contribution in [0.1, 0.15) is 12.5 Å². The number of sulfonamides is 1. The lowest BCUT2D eigenvalue weighted by atomic mass is 10.1. The average Bonchev–Trinajstić information content (AvgIpc) is 2.65. The van der Waals surface area contributed by atoms with Gasteiger partial charge in [-0.3, -0.25) is 25.0 Å². The van der Waals surface area contributed by atoms with Gasteiger partial charge >= 0.3 is 5.97 Å². The number of carboxylic acid groups (broad SMARTS) is 1. The minimum absolute atomic E-state index is 0.0530. The molecule has 0 amide bonds. The summed E-state index contributed by atoms with van der Waals surface area (Å²) in [6.45, 7) is 0.419. The van der Waals surface area contributed by atoms with E-state index in [-0.39, 0.29) is 5.56 Å². The van der Waals surface area contributed by atoms with E-state index in [1.54, 1.807) is 0 Å². The Hall–Kier alpha value is -3.38. The predicted molar refractivity (Wildman–Crippen MR) is 96.0 cm³/mol. The second-order valence-electron chi connectivity index (χ2n) is 5.68. The fraction of sp³-hybridized carbons (Fsp3) is 0.188.